The van der Waals surface area contributed by atoms with Crippen LogP contribution in [0.1, 0.15) is 5.56 Å². The molecule has 0 radical (unpaired) electrons. The molecule has 2 aromatic carbocycles. The van der Waals surface area contributed by atoms with Gasteiger partial charge in [-0.3, -0.25) is 5.41 Å². The standard InChI is InChI=1S/C15H12ClN3S/c16-13-9-5-4-8-12(13)14-18-19(15(17)20-14)10-11-6-2-1-3-7-11/h1-9,17H,10H2. The minimum atomic E-state index is 0.420. The Morgan fingerprint density at radius 3 is 2.50 bits per heavy atom. The summed E-state index contributed by atoms with van der Waals surface area (Å²) in [6.07, 6.45) is 0. The van der Waals surface area contributed by atoms with Crippen molar-refractivity contribution in [3.05, 3.63) is 70.0 Å². The fourth-order valence-corrected chi connectivity index (χ4v) is 3.03. The molecule has 1 N–H and O–H groups in total. The molecule has 1 heterocycles. The van der Waals surface area contributed by atoms with Crippen LogP contribution in [0.2, 0.25) is 5.02 Å². The van der Waals surface area contributed by atoms with Gasteiger partial charge in [0.25, 0.3) is 0 Å². The Kier molecular flexibility index (Phi) is 3.67. The van der Waals surface area contributed by atoms with Gasteiger partial charge < -0.3 is 0 Å². The number of rotatable bonds is 3. The third kappa shape index (κ3) is 2.66. The van der Waals surface area contributed by atoms with Crippen LogP contribution in [0.5, 0.6) is 0 Å². The van der Waals surface area contributed by atoms with Crippen molar-refractivity contribution in [1.82, 2.24) is 9.78 Å². The minimum Gasteiger partial charge on any atom is -0.274 e. The maximum absolute atomic E-state index is 8.04. The highest BCUT2D eigenvalue weighted by atomic mass is 35.5. The van der Waals surface area contributed by atoms with Gasteiger partial charge in [-0.25, -0.2) is 4.68 Å². The van der Waals surface area contributed by atoms with Gasteiger partial charge in [-0.2, -0.15) is 5.10 Å². The van der Waals surface area contributed by atoms with Gasteiger partial charge in [0.15, 0.2) is 0 Å². The fraction of sp³-hybridized carbons (Fsp3) is 0.0667. The van der Waals surface area contributed by atoms with E-state index in [1.807, 2.05) is 54.6 Å². The highest BCUT2D eigenvalue weighted by Gasteiger charge is 2.09. The van der Waals surface area contributed by atoms with Crippen LogP contribution in [-0.4, -0.2) is 9.78 Å². The Balaban J connectivity index is 1.96. The van der Waals surface area contributed by atoms with E-state index in [0.717, 1.165) is 16.1 Å². The molecule has 3 rings (SSSR count). The van der Waals surface area contributed by atoms with Crippen LogP contribution in [0.15, 0.2) is 54.6 Å². The van der Waals surface area contributed by atoms with Crippen molar-refractivity contribution in [2.24, 2.45) is 0 Å². The molecule has 0 amide bonds. The van der Waals surface area contributed by atoms with E-state index in [-0.39, 0.29) is 0 Å². The van der Waals surface area contributed by atoms with E-state index in [4.69, 9.17) is 17.0 Å². The first-order valence-corrected chi connectivity index (χ1v) is 7.35. The molecule has 20 heavy (non-hydrogen) atoms. The number of hydrogen-bond acceptors (Lipinski definition) is 3. The lowest BCUT2D eigenvalue weighted by Gasteiger charge is -2.01. The van der Waals surface area contributed by atoms with E-state index in [0.29, 0.717) is 16.4 Å². The van der Waals surface area contributed by atoms with Crippen LogP contribution in [-0.2, 0) is 6.54 Å². The Hall–Kier alpha value is -1.91. The number of nitrogens with one attached hydrogen (secondary N) is 1. The van der Waals surface area contributed by atoms with Crippen molar-refractivity contribution in [3.63, 3.8) is 0 Å². The summed E-state index contributed by atoms with van der Waals surface area (Å²) in [6.45, 7) is 0.598. The molecule has 3 nitrogen and oxygen atoms in total. The molecule has 0 aliphatic heterocycles. The summed E-state index contributed by atoms with van der Waals surface area (Å²) in [7, 11) is 0. The maximum atomic E-state index is 8.04. The molecule has 5 heteroatoms. The lowest BCUT2D eigenvalue weighted by molar-refractivity contribution is 0.651. The smallest absolute Gasteiger partial charge is 0.200 e. The average Bonchev–Trinajstić information content (AvgIpc) is 2.81. The summed E-state index contributed by atoms with van der Waals surface area (Å²) in [5.74, 6) is 0. The summed E-state index contributed by atoms with van der Waals surface area (Å²) < 4.78 is 1.69. The molecule has 3 aromatic rings. The van der Waals surface area contributed by atoms with Crippen LogP contribution in [0.4, 0.5) is 0 Å². The second kappa shape index (κ2) is 5.61. The molecule has 1 aromatic heterocycles. The summed E-state index contributed by atoms with van der Waals surface area (Å²) in [5, 5.41) is 14.0. The topological polar surface area (TPSA) is 41.7 Å². The van der Waals surface area contributed by atoms with E-state index in [2.05, 4.69) is 5.10 Å². The Labute approximate surface area is 125 Å². The molecule has 0 saturated carbocycles. The lowest BCUT2D eigenvalue weighted by Crippen LogP contribution is -2.15. The molecular formula is C15H12ClN3S. The van der Waals surface area contributed by atoms with Crippen molar-refractivity contribution < 1.29 is 0 Å². The molecule has 0 aliphatic carbocycles. The van der Waals surface area contributed by atoms with Gasteiger partial charge in [0.2, 0.25) is 4.80 Å². The molecule has 100 valence electrons. The van der Waals surface area contributed by atoms with E-state index >= 15 is 0 Å². The van der Waals surface area contributed by atoms with Gasteiger partial charge in [-0.15, -0.1) is 0 Å². The normalized spacial score (nSPS) is 10.7. The van der Waals surface area contributed by atoms with E-state index < -0.39 is 0 Å². The van der Waals surface area contributed by atoms with Gasteiger partial charge in [0, 0.05) is 5.56 Å². The zero-order chi connectivity index (χ0) is 13.9. The lowest BCUT2D eigenvalue weighted by atomic mass is 10.2. The fourth-order valence-electron chi connectivity index (χ4n) is 1.93. The highest BCUT2D eigenvalue weighted by molar-refractivity contribution is 7.12. The van der Waals surface area contributed by atoms with E-state index in [1.165, 1.54) is 11.3 Å². The van der Waals surface area contributed by atoms with Crippen LogP contribution >= 0.6 is 22.9 Å². The zero-order valence-corrected chi connectivity index (χ0v) is 12.2. The average molecular weight is 302 g/mol. The van der Waals surface area contributed by atoms with Gasteiger partial charge >= 0.3 is 0 Å². The first-order chi connectivity index (χ1) is 9.74. The van der Waals surface area contributed by atoms with Gasteiger partial charge in [0.05, 0.1) is 11.6 Å². The van der Waals surface area contributed by atoms with Crippen LogP contribution < -0.4 is 4.80 Å². The van der Waals surface area contributed by atoms with Gasteiger partial charge in [-0.1, -0.05) is 71.5 Å². The summed E-state index contributed by atoms with van der Waals surface area (Å²) in [4.78, 5) is 0.420. The van der Waals surface area contributed by atoms with Gasteiger partial charge in [0.1, 0.15) is 5.01 Å². The minimum absolute atomic E-state index is 0.420. The van der Waals surface area contributed by atoms with E-state index in [9.17, 15) is 0 Å². The molecule has 0 bridgehead atoms. The Morgan fingerprint density at radius 1 is 1.05 bits per heavy atom. The van der Waals surface area contributed by atoms with Gasteiger partial charge in [-0.05, 0) is 11.6 Å². The Morgan fingerprint density at radius 2 is 1.75 bits per heavy atom. The second-order valence-corrected chi connectivity index (χ2v) is 5.72. The molecule has 0 unspecified atom stereocenters. The number of aromatic nitrogens is 2. The third-order valence-electron chi connectivity index (χ3n) is 2.92. The molecule has 0 saturated heterocycles. The Bertz CT molecular complexity index is 777. The molecule has 0 fully saturated rings. The number of hydrogen-bond donors (Lipinski definition) is 1. The molecule has 0 spiro atoms. The largest absolute Gasteiger partial charge is 0.274 e. The first kappa shape index (κ1) is 13.1. The van der Waals surface area contributed by atoms with Crippen molar-refractivity contribution in [1.29, 1.82) is 5.41 Å². The van der Waals surface area contributed by atoms with Crippen LogP contribution in [0.25, 0.3) is 10.6 Å². The number of halogens is 1. The predicted octanol–water partition coefficient (Wildman–Crippen LogP) is 3.79. The van der Waals surface area contributed by atoms with Crippen molar-refractivity contribution in [3.8, 4) is 10.6 Å². The van der Waals surface area contributed by atoms with E-state index in [1.54, 1.807) is 4.68 Å². The van der Waals surface area contributed by atoms with Crippen molar-refractivity contribution in [2.75, 3.05) is 0 Å². The van der Waals surface area contributed by atoms with Crippen LogP contribution in [0, 0.1) is 5.41 Å². The molecule has 0 aliphatic rings. The summed E-state index contributed by atoms with van der Waals surface area (Å²) in [6, 6.07) is 17.6. The SMILES string of the molecule is N=c1sc(-c2ccccc2Cl)nn1Cc1ccccc1. The number of benzene rings is 2. The maximum Gasteiger partial charge on any atom is 0.200 e. The predicted molar refractivity (Wildman–Crippen MR) is 81.9 cm³/mol. The summed E-state index contributed by atoms with van der Waals surface area (Å²) in [5.41, 5.74) is 2.00. The third-order valence-corrected chi connectivity index (χ3v) is 4.15. The first-order valence-electron chi connectivity index (χ1n) is 6.15. The highest BCUT2D eigenvalue weighted by Crippen LogP contribution is 2.27. The monoisotopic (exact) mass is 301 g/mol. The number of nitrogens with zero attached hydrogens (tertiary/aromatic N) is 2. The van der Waals surface area contributed by atoms with Crippen LogP contribution in [0.3, 0.4) is 0 Å². The second-order valence-electron chi connectivity index (χ2n) is 4.34. The quantitative estimate of drug-likeness (QED) is 0.785. The summed E-state index contributed by atoms with van der Waals surface area (Å²) >= 11 is 7.51. The van der Waals surface area contributed by atoms with Crippen molar-refractivity contribution in [2.45, 2.75) is 6.54 Å². The molecule has 0 atom stereocenters. The zero-order valence-electron chi connectivity index (χ0n) is 10.6. The molecular weight excluding hydrogens is 290 g/mol. The van der Waals surface area contributed by atoms with Crippen molar-refractivity contribution >= 4 is 22.9 Å².